The van der Waals surface area contributed by atoms with Gasteiger partial charge in [-0.1, -0.05) is 17.3 Å². The molecule has 0 spiro atoms. The number of aromatic nitrogens is 2. The largest absolute Gasteiger partial charge is 0.485 e. The molecular formula is C14H16F2N4O3. The number of hydrogen-bond donors (Lipinski definition) is 2. The number of nitrogens with zero attached hydrogens (tertiary/aromatic N) is 2. The maximum Gasteiger partial charge on any atom is 0.277 e. The normalized spacial score (nSPS) is 11.3. The summed E-state index contributed by atoms with van der Waals surface area (Å²) in [4.78, 5) is 16.0. The zero-order valence-corrected chi connectivity index (χ0v) is 12.4. The van der Waals surface area contributed by atoms with Crippen LogP contribution in [0.3, 0.4) is 0 Å². The van der Waals surface area contributed by atoms with Crippen LogP contribution in [-0.4, -0.2) is 35.1 Å². The van der Waals surface area contributed by atoms with Crippen LogP contribution in [0.4, 0.5) is 8.78 Å². The molecule has 7 nitrogen and oxygen atoms in total. The van der Waals surface area contributed by atoms with Crippen molar-refractivity contribution in [2.75, 3.05) is 13.1 Å². The molecule has 0 fully saturated rings. The molecule has 124 valence electrons. The summed E-state index contributed by atoms with van der Waals surface area (Å²) in [5.74, 6) is -2.92. The summed E-state index contributed by atoms with van der Waals surface area (Å²) in [6, 6.07) is 6.26. The number of hydrogen-bond acceptors (Lipinski definition) is 6. The topological polar surface area (TPSA) is 103 Å². The first-order valence-electron chi connectivity index (χ1n) is 6.78. The molecule has 23 heavy (non-hydrogen) atoms. The van der Waals surface area contributed by atoms with E-state index in [0.717, 1.165) is 0 Å². The number of nitrogens with one attached hydrogen (secondary N) is 1. The van der Waals surface area contributed by atoms with Gasteiger partial charge in [-0.05, 0) is 12.1 Å². The Kier molecular flexibility index (Phi) is 5.22. The second-order valence-electron chi connectivity index (χ2n) is 4.76. The molecule has 1 aromatic carbocycles. The third-order valence-electron chi connectivity index (χ3n) is 2.86. The first kappa shape index (κ1) is 16.8. The Labute approximate surface area is 130 Å². The molecule has 9 heteroatoms. The number of rotatable bonds is 7. The standard InChI is InChI=1S/C14H16F2N4O3/c1-9-19-12(20-23-9)6-22-11-5-3-2-4-10(11)13(21)18-8-14(15,16)7-17/h2-5H,6-8,17H2,1H3,(H,18,21). The highest BCUT2D eigenvalue weighted by Gasteiger charge is 2.27. The minimum atomic E-state index is -3.16. The van der Waals surface area contributed by atoms with Crippen molar-refractivity contribution in [3.63, 3.8) is 0 Å². The van der Waals surface area contributed by atoms with Gasteiger partial charge in [-0.15, -0.1) is 0 Å². The first-order valence-corrected chi connectivity index (χ1v) is 6.78. The van der Waals surface area contributed by atoms with E-state index >= 15 is 0 Å². The zero-order chi connectivity index (χ0) is 16.9. The van der Waals surface area contributed by atoms with E-state index in [4.69, 9.17) is 15.0 Å². The molecule has 0 aliphatic heterocycles. The molecule has 0 saturated heterocycles. The van der Waals surface area contributed by atoms with Crippen molar-refractivity contribution < 1.29 is 22.8 Å². The predicted octanol–water partition coefficient (Wildman–Crippen LogP) is 1.28. The number of para-hydroxylation sites is 1. The molecule has 0 radical (unpaired) electrons. The van der Waals surface area contributed by atoms with Crippen LogP contribution in [0, 0.1) is 6.92 Å². The van der Waals surface area contributed by atoms with Crippen molar-refractivity contribution in [3.05, 3.63) is 41.5 Å². The average Bonchev–Trinajstić information content (AvgIpc) is 2.96. The summed E-state index contributed by atoms with van der Waals surface area (Å²) in [5, 5.41) is 5.79. The number of benzene rings is 1. The Hall–Kier alpha value is -2.55. The Balaban J connectivity index is 2.03. The molecule has 0 unspecified atom stereocenters. The Morgan fingerprint density at radius 1 is 1.43 bits per heavy atom. The van der Waals surface area contributed by atoms with Crippen LogP contribution in [0.5, 0.6) is 5.75 Å². The number of carbonyl (C=O) groups is 1. The van der Waals surface area contributed by atoms with E-state index in [1.165, 1.54) is 6.07 Å². The number of amides is 1. The lowest BCUT2D eigenvalue weighted by molar-refractivity contribution is 0.0118. The van der Waals surface area contributed by atoms with Crippen molar-refractivity contribution in [3.8, 4) is 5.75 Å². The molecule has 1 amide bonds. The van der Waals surface area contributed by atoms with Crippen molar-refractivity contribution in [1.82, 2.24) is 15.5 Å². The number of aryl methyl sites for hydroxylation is 1. The van der Waals surface area contributed by atoms with E-state index in [0.29, 0.717) is 11.7 Å². The third kappa shape index (κ3) is 4.71. The summed E-state index contributed by atoms with van der Waals surface area (Å²) in [7, 11) is 0. The minimum absolute atomic E-state index is 0.0133. The Morgan fingerprint density at radius 2 is 2.17 bits per heavy atom. The van der Waals surface area contributed by atoms with Crippen molar-refractivity contribution in [2.45, 2.75) is 19.5 Å². The lowest BCUT2D eigenvalue weighted by Crippen LogP contribution is -2.41. The van der Waals surface area contributed by atoms with E-state index in [2.05, 4.69) is 15.5 Å². The van der Waals surface area contributed by atoms with Crippen LogP contribution in [0.15, 0.2) is 28.8 Å². The highest BCUT2D eigenvalue weighted by atomic mass is 19.3. The molecule has 2 aromatic rings. The fourth-order valence-corrected chi connectivity index (χ4v) is 1.70. The van der Waals surface area contributed by atoms with Crippen LogP contribution in [0.25, 0.3) is 0 Å². The van der Waals surface area contributed by atoms with Crippen molar-refractivity contribution >= 4 is 5.91 Å². The highest BCUT2D eigenvalue weighted by Crippen LogP contribution is 2.19. The molecule has 0 bridgehead atoms. The summed E-state index contributed by atoms with van der Waals surface area (Å²) < 4.78 is 36.5. The summed E-state index contributed by atoms with van der Waals surface area (Å²) in [6.45, 7) is -0.0700. The minimum Gasteiger partial charge on any atom is -0.485 e. The molecule has 0 saturated carbocycles. The van der Waals surface area contributed by atoms with Gasteiger partial charge in [0.25, 0.3) is 11.8 Å². The predicted molar refractivity (Wildman–Crippen MR) is 76.1 cm³/mol. The molecule has 3 N–H and O–H groups in total. The van der Waals surface area contributed by atoms with Gasteiger partial charge in [-0.2, -0.15) is 4.98 Å². The number of alkyl halides is 2. The van der Waals surface area contributed by atoms with E-state index < -0.39 is 24.9 Å². The fraction of sp³-hybridized carbons (Fsp3) is 0.357. The van der Waals surface area contributed by atoms with Crippen LogP contribution in [0.2, 0.25) is 0 Å². The van der Waals surface area contributed by atoms with E-state index in [-0.39, 0.29) is 17.9 Å². The monoisotopic (exact) mass is 326 g/mol. The quantitative estimate of drug-likeness (QED) is 0.794. The number of halogens is 2. The number of ether oxygens (including phenoxy) is 1. The molecule has 0 atom stereocenters. The Morgan fingerprint density at radius 3 is 2.83 bits per heavy atom. The SMILES string of the molecule is Cc1nc(COc2ccccc2C(=O)NCC(F)(F)CN)no1. The highest BCUT2D eigenvalue weighted by molar-refractivity contribution is 5.96. The van der Waals surface area contributed by atoms with E-state index in [9.17, 15) is 13.6 Å². The van der Waals surface area contributed by atoms with Crippen LogP contribution < -0.4 is 15.8 Å². The molecular weight excluding hydrogens is 310 g/mol. The van der Waals surface area contributed by atoms with Gasteiger partial charge < -0.3 is 20.3 Å². The van der Waals surface area contributed by atoms with Gasteiger partial charge in [0, 0.05) is 6.92 Å². The van der Waals surface area contributed by atoms with Crippen LogP contribution in [0.1, 0.15) is 22.1 Å². The van der Waals surface area contributed by atoms with Crippen LogP contribution in [-0.2, 0) is 6.61 Å². The fourth-order valence-electron chi connectivity index (χ4n) is 1.70. The first-order chi connectivity index (χ1) is 10.9. The van der Waals surface area contributed by atoms with Crippen molar-refractivity contribution in [1.29, 1.82) is 0 Å². The lowest BCUT2D eigenvalue weighted by atomic mass is 10.2. The van der Waals surface area contributed by atoms with E-state index in [1.54, 1.807) is 25.1 Å². The van der Waals surface area contributed by atoms with Crippen molar-refractivity contribution in [2.24, 2.45) is 5.73 Å². The van der Waals surface area contributed by atoms with Gasteiger partial charge >= 0.3 is 0 Å². The van der Waals surface area contributed by atoms with Gasteiger partial charge in [-0.3, -0.25) is 4.79 Å². The molecule has 0 aliphatic rings. The van der Waals surface area contributed by atoms with Gasteiger partial charge in [-0.25, -0.2) is 8.78 Å². The zero-order valence-electron chi connectivity index (χ0n) is 12.4. The maximum atomic E-state index is 13.1. The Bertz CT molecular complexity index is 676. The smallest absolute Gasteiger partial charge is 0.277 e. The second-order valence-corrected chi connectivity index (χ2v) is 4.76. The van der Waals surface area contributed by atoms with Gasteiger partial charge in [0.1, 0.15) is 5.75 Å². The molecule has 2 rings (SSSR count). The van der Waals surface area contributed by atoms with Gasteiger partial charge in [0.2, 0.25) is 11.7 Å². The molecule has 0 aliphatic carbocycles. The summed E-state index contributed by atoms with van der Waals surface area (Å²) >= 11 is 0. The number of carbonyl (C=O) groups excluding carboxylic acids is 1. The lowest BCUT2D eigenvalue weighted by Gasteiger charge is -2.15. The molecule has 1 heterocycles. The average molecular weight is 326 g/mol. The number of nitrogens with two attached hydrogens (primary N) is 1. The van der Waals surface area contributed by atoms with Crippen LogP contribution >= 0.6 is 0 Å². The molecule has 1 aromatic heterocycles. The third-order valence-corrected chi connectivity index (χ3v) is 2.86. The maximum absolute atomic E-state index is 13.1. The van der Waals surface area contributed by atoms with Gasteiger partial charge in [0.15, 0.2) is 6.61 Å². The van der Waals surface area contributed by atoms with E-state index in [1.807, 2.05) is 0 Å². The van der Waals surface area contributed by atoms with Gasteiger partial charge in [0.05, 0.1) is 18.7 Å². The summed E-state index contributed by atoms with van der Waals surface area (Å²) in [5.41, 5.74) is 5.05. The second kappa shape index (κ2) is 7.14. The summed E-state index contributed by atoms with van der Waals surface area (Å²) in [6.07, 6.45) is 0.